The number of fused-ring (bicyclic) bond motifs is 1. The van der Waals surface area contributed by atoms with E-state index in [1.54, 1.807) is 12.1 Å². The van der Waals surface area contributed by atoms with Crippen LogP contribution in [0.15, 0.2) is 42.6 Å². The van der Waals surface area contributed by atoms with Crippen molar-refractivity contribution < 1.29 is 18.1 Å². The molecule has 7 nitrogen and oxygen atoms in total. The molecule has 158 valence electrons. The summed E-state index contributed by atoms with van der Waals surface area (Å²) >= 11 is 0. The molecule has 2 unspecified atom stereocenters. The van der Waals surface area contributed by atoms with Crippen LogP contribution in [0.5, 0.6) is 0 Å². The van der Waals surface area contributed by atoms with E-state index in [0.717, 1.165) is 37.2 Å². The Balaban J connectivity index is 1.60. The summed E-state index contributed by atoms with van der Waals surface area (Å²) in [5.74, 6) is 0.422. The van der Waals surface area contributed by atoms with E-state index in [4.69, 9.17) is 0 Å². The molecule has 1 fully saturated rings. The highest BCUT2D eigenvalue weighted by Crippen LogP contribution is 2.34. The second-order valence-corrected chi connectivity index (χ2v) is 7.56. The molecule has 2 atom stereocenters. The van der Waals surface area contributed by atoms with E-state index in [-0.39, 0.29) is 17.6 Å². The van der Waals surface area contributed by atoms with Crippen molar-refractivity contribution in [3.05, 3.63) is 69.7 Å². The van der Waals surface area contributed by atoms with Crippen LogP contribution in [0.2, 0.25) is 0 Å². The first-order valence-electron chi connectivity index (χ1n) is 9.64. The number of hydrogen-bond donors (Lipinski definition) is 0. The van der Waals surface area contributed by atoms with Gasteiger partial charge in [0.15, 0.2) is 5.65 Å². The van der Waals surface area contributed by atoms with Gasteiger partial charge in [0.1, 0.15) is 5.82 Å². The first kappa shape index (κ1) is 20.3. The van der Waals surface area contributed by atoms with Gasteiger partial charge in [0.05, 0.1) is 10.5 Å². The molecule has 3 aromatic rings. The smallest absolute Gasteiger partial charge is 0.296 e. The number of piperidine rings is 1. The largest absolute Gasteiger partial charge is 0.417 e. The van der Waals surface area contributed by atoms with Gasteiger partial charge in [0.2, 0.25) is 0 Å². The molecule has 2 aromatic heterocycles. The Labute approximate surface area is 170 Å². The third-order valence-electron chi connectivity index (χ3n) is 5.69. The second kappa shape index (κ2) is 7.67. The number of nitrogens with zero attached hydrogens (tertiary/aromatic N) is 5. The Bertz CT molecular complexity index is 1080. The summed E-state index contributed by atoms with van der Waals surface area (Å²) in [6, 6.07) is 8.79. The van der Waals surface area contributed by atoms with Crippen LogP contribution in [-0.4, -0.2) is 37.5 Å². The molecule has 1 aromatic carbocycles. The molecule has 1 aliphatic heterocycles. The van der Waals surface area contributed by atoms with Gasteiger partial charge in [-0.2, -0.15) is 13.2 Å². The van der Waals surface area contributed by atoms with Gasteiger partial charge in [0.25, 0.3) is 5.69 Å². The highest BCUT2D eigenvalue weighted by molar-refractivity contribution is 5.41. The fourth-order valence-electron chi connectivity index (χ4n) is 4.03. The Hall–Kier alpha value is -3.01. The van der Waals surface area contributed by atoms with Crippen molar-refractivity contribution in [3.63, 3.8) is 0 Å². The molecule has 0 N–H and O–H groups in total. The van der Waals surface area contributed by atoms with Crippen molar-refractivity contribution >= 4 is 11.3 Å². The van der Waals surface area contributed by atoms with Gasteiger partial charge in [0, 0.05) is 36.8 Å². The zero-order valence-electron chi connectivity index (χ0n) is 16.2. The number of aromatic nitrogens is 3. The van der Waals surface area contributed by atoms with Gasteiger partial charge in [-0.05, 0) is 44.0 Å². The molecule has 0 saturated carbocycles. The van der Waals surface area contributed by atoms with Crippen LogP contribution >= 0.6 is 0 Å². The number of likely N-dealkylation sites (tertiary alicyclic amines) is 1. The normalized spacial score (nSPS) is 19.1. The lowest BCUT2D eigenvalue weighted by Gasteiger charge is -2.36. The number of pyridine rings is 1. The predicted molar refractivity (Wildman–Crippen MR) is 103 cm³/mol. The average Bonchev–Trinajstić information content (AvgIpc) is 3.16. The van der Waals surface area contributed by atoms with Gasteiger partial charge in [-0.1, -0.05) is 12.1 Å². The third kappa shape index (κ3) is 3.87. The minimum absolute atomic E-state index is 0.0380. The number of halogens is 3. The monoisotopic (exact) mass is 419 g/mol. The zero-order valence-corrected chi connectivity index (χ0v) is 16.2. The second-order valence-electron chi connectivity index (χ2n) is 7.56. The number of hydrogen-bond acceptors (Lipinski definition) is 5. The number of non-ortho nitro benzene ring substituents is 1. The predicted octanol–water partition coefficient (Wildman–Crippen LogP) is 4.60. The first-order chi connectivity index (χ1) is 14.2. The number of nitro benzene ring substituents is 1. The molecule has 0 radical (unpaired) electrons. The minimum atomic E-state index is -4.44. The quantitative estimate of drug-likeness (QED) is 0.456. The Kier molecular flexibility index (Phi) is 5.19. The van der Waals surface area contributed by atoms with E-state index in [1.165, 1.54) is 16.5 Å². The van der Waals surface area contributed by atoms with Crippen molar-refractivity contribution in [2.75, 3.05) is 13.1 Å². The van der Waals surface area contributed by atoms with Crippen LogP contribution in [0.4, 0.5) is 18.9 Å². The topological polar surface area (TPSA) is 76.6 Å². The van der Waals surface area contributed by atoms with E-state index >= 15 is 0 Å². The molecule has 0 amide bonds. The van der Waals surface area contributed by atoms with Crippen molar-refractivity contribution in [3.8, 4) is 0 Å². The lowest BCUT2D eigenvalue weighted by molar-refractivity contribution is -0.385. The molecular weight excluding hydrogens is 399 g/mol. The SMILES string of the molecule is CC(c1cccc([N+](=O)[O-])c1)N1CCCC(c2nnc3ccc(C(F)(F)F)cn23)C1. The number of nitro groups is 1. The van der Waals surface area contributed by atoms with Crippen LogP contribution in [0.25, 0.3) is 5.65 Å². The van der Waals surface area contributed by atoms with Crippen molar-refractivity contribution in [2.45, 2.75) is 37.9 Å². The summed E-state index contributed by atoms with van der Waals surface area (Å²) in [4.78, 5) is 12.8. The average molecular weight is 419 g/mol. The van der Waals surface area contributed by atoms with Gasteiger partial charge in [-0.3, -0.25) is 19.4 Å². The maximum absolute atomic E-state index is 13.1. The van der Waals surface area contributed by atoms with Crippen LogP contribution < -0.4 is 0 Å². The molecule has 1 saturated heterocycles. The van der Waals surface area contributed by atoms with Gasteiger partial charge in [-0.15, -0.1) is 10.2 Å². The molecule has 0 aliphatic carbocycles. The highest BCUT2D eigenvalue weighted by Gasteiger charge is 2.33. The number of alkyl halides is 3. The number of rotatable bonds is 4. The van der Waals surface area contributed by atoms with Gasteiger partial charge < -0.3 is 0 Å². The summed E-state index contributed by atoms with van der Waals surface area (Å²) in [5.41, 5.74) is 0.502. The summed E-state index contributed by atoms with van der Waals surface area (Å²) in [6.07, 6.45) is -1.76. The van der Waals surface area contributed by atoms with Crippen molar-refractivity contribution in [1.82, 2.24) is 19.5 Å². The summed E-state index contributed by atoms with van der Waals surface area (Å²) in [5, 5.41) is 19.3. The van der Waals surface area contributed by atoms with Crippen LogP contribution in [0.3, 0.4) is 0 Å². The van der Waals surface area contributed by atoms with E-state index < -0.39 is 16.7 Å². The first-order valence-corrected chi connectivity index (χ1v) is 9.64. The molecule has 0 spiro atoms. The Morgan fingerprint density at radius 2 is 2.03 bits per heavy atom. The van der Waals surface area contributed by atoms with Crippen LogP contribution in [-0.2, 0) is 6.18 Å². The van der Waals surface area contributed by atoms with E-state index in [0.29, 0.717) is 18.0 Å². The fourth-order valence-corrected chi connectivity index (χ4v) is 4.03. The highest BCUT2D eigenvalue weighted by atomic mass is 19.4. The molecule has 10 heteroatoms. The van der Waals surface area contributed by atoms with Crippen molar-refractivity contribution in [2.24, 2.45) is 0 Å². The molecule has 0 bridgehead atoms. The summed E-state index contributed by atoms with van der Waals surface area (Å²) in [7, 11) is 0. The standard InChI is InChI=1S/C20H20F3N5O2/c1-13(14-4-2-6-17(10-14)28(29)30)26-9-3-5-15(11-26)19-25-24-18-8-7-16(12-27(18)19)20(21,22)23/h2,4,6-8,10,12-13,15H,3,5,9,11H2,1H3. The fraction of sp³-hybridized carbons (Fsp3) is 0.400. The molecule has 1 aliphatic rings. The Morgan fingerprint density at radius 1 is 1.23 bits per heavy atom. The van der Waals surface area contributed by atoms with Crippen molar-refractivity contribution in [1.29, 1.82) is 0 Å². The van der Waals surface area contributed by atoms with Gasteiger partial charge in [-0.25, -0.2) is 0 Å². The van der Waals surface area contributed by atoms with E-state index in [9.17, 15) is 23.3 Å². The summed E-state index contributed by atoms with van der Waals surface area (Å²) in [6.45, 7) is 3.36. The van der Waals surface area contributed by atoms with Crippen LogP contribution in [0, 0.1) is 10.1 Å². The summed E-state index contributed by atoms with van der Waals surface area (Å²) < 4.78 is 40.8. The maximum Gasteiger partial charge on any atom is 0.417 e. The Morgan fingerprint density at radius 3 is 2.77 bits per heavy atom. The lowest BCUT2D eigenvalue weighted by Crippen LogP contribution is -2.37. The molecule has 3 heterocycles. The minimum Gasteiger partial charge on any atom is -0.296 e. The lowest BCUT2D eigenvalue weighted by atomic mass is 9.94. The molecule has 4 rings (SSSR count). The van der Waals surface area contributed by atoms with E-state index in [1.807, 2.05) is 13.0 Å². The maximum atomic E-state index is 13.1. The number of benzene rings is 1. The van der Waals surface area contributed by atoms with E-state index in [2.05, 4.69) is 15.1 Å². The molecular formula is C20H20F3N5O2. The van der Waals surface area contributed by atoms with Crippen LogP contribution in [0.1, 0.15) is 48.7 Å². The molecule has 30 heavy (non-hydrogen) atoms. The third-order valence-corrected chi connectivity index (χ3v) is 5.69. The van der Waals surface area contributed by atoms with Gasteiger partial charge >= 0.3 is 6.18 Å². The zero-order chi connectivity index (χ0) is 21.5.